The van der Waals surface area contributed by atoms with Crippen LogP contribution in [0.4, 0.5) is 0 Å². The standard InChI is InChI=1S/C9H17N3S2/c1-4-7(10)6(3)13-9-11-8(5-2)12-14-9/h6-7H,4-5,10H2,1-3H3. The molecule has 0 amide bonds. The molecule has 5 heteroatoms. The van der Waals surface area contributed by atoms with Crippen molar-refractivity contribution in [2.75, 3.05) is 0 Å². The van der Waals surface area contributed by atoms with Crippen LogP contribution in [0.25, 0.3) is 0 Å². The van der Waals surface area contributed by atoms with Crippen molar-refractivity contribution in [3.8, 4) is 0 Å². The molecule has 0 radical (unpaired) electrons. The van der Waals surface area contributed by atoms with Crippen LogP contribution in [0.15, 0.2) is 4.34 Å². The molecule has 0 aliphatic heterocycles. The van der Waals surface area contributed by atoms with Gasteiger partial charge in [0.15, 0.2) is 4.34 Å². The Morgan fingerprint density at radius 1 is 1.50 bits per heavy atom. The van der Waals surface area contributed by atoms with E-state index in [1.165, 1.54) is 11.5 Å². The van der Waals surface area contributed by atoms with E-state index in [0.717, 1.165) is 23.0 Å². The first-order valence-electron chi connectivity index (χ1n) is 4.92. The number of hydrogen-bond acceptors (Lipinski definition) is 5. The molecule has 1 heterocycles. The topological polar surface area (TPSA) is 51.8 Å². The molecular formula is C9H17N3S2. The van der Waals surface area contributed by atoms with Crippen molar-refractivity contribution < 1.29 is 0 Å². The highest BCUT2D eigenvalue weighted by atomic mass is 32.2. The molecular weight excluding hydrogens is 214 g/mol. The number of nitrogens with zero attached hydrogens (tertiary/aromatic N) is 2. The summed E-state index contributed by atoms with van der Waals surface area (Å²) < 4.78 is 5.28. The molecule has 2 N–H and O–H groups in total. The lowest BCUT2D eigenvalue weighted by molar-refractivity contribution is 0.642. The minimum absolute atomic E-state index is 0.244. The van der Waals surface area contributed by atoms with Crippen molar-refractivity contribution in [1.82, 2.24) is 9.36 Å². The van der Waals surface area contributed by atoms with E-state index in [-0.39, 0.29) is 6.04 Å². The first kappa shape index (κ1) is 11.9. The zero-order valence-corrected chi connectivity index (χ0v) is 10.5. The van der Waals surface area contributed by atoms with E-state index >= 15 is 0 Å². The summed E-state index contributed by atoms with van der Waals surface area (Å²) in [5.74, 6) is 0.940. The zero-order valence-electron chi connectivity index (χ0n) is 8.86. The van der Waals surface area contributed by atoms with Gasteiger partial charge in [0.2, 0.25) is 0 Å². The largest absolute Gasteiger partial charge is 0.327 e. The second-order valence-electron chi connectivity index (χ2n) is 3.23. The Morgan fingerprint density at radius 3 is 2.71 bits per heavy atom. The SMILES string of the molecule is CCc1nsc(SC(C)C(N)CC)n1. The highest BCUT2D eigenvalue weighted by Crippen LogP contribution is 2.26. The van der Waals surface area contributed by atoms with Gasteiger partial charge in [0.05, 0.1) is 0 Å². The summed E-state index contributed by atoms with van der Waals surface area (Å²) in [6.07, 6.45) is 1.92. The third-order valence-corrected chi connectivity index (χ3v) is 4.20. The van der Waals surface area contributed by atoms with E-state index in [1.54, 1.807) is 11.8 Å². The van der Waals surface area contributed by atoms with Crippen LogP contribution in [-0.4, -0.2) is 20.6 Å². The molecule has 0 aliphatic rings. The van der Waals surface area contributed by atoms with Crippen molar-refractivity contribution in [3.05, 3.63) is 5.82 Å². The van der Waals surface area contributed by atoms with Gasteiger partial charge >= 0.3 is 0 Å². The molecule has 0 bridgehead atoms. The van der Waals surface area contributed by atoms with E-state index in [0.29, 0.717) is 5.25 Å². The number of hydrogen-bond donors (Lipinski definition) is 1. The Hall–Kier alpha value is -0.130. The van der Waals surface area contributed by atoms with Crippen LogP contribution in [0.1, 0.15) is 33.0 Å². The van der Waals surface area contributed by atoms with E-state index in [2.05, 4.69) is 30.1 Å². The van der Waals surface area contributed by atoms with Crippen molar-refractivity contribution >= 4 is 23.3 Å². The molecule has 3 nitrogen and oxygen atoms in total. The van der Waals surface area contributed by atoms with E-state index in [1.807, 2.05) is 0 Å². The Labute approximate surface area is 93.7 Å². The first-order valence-corrected chi connectivity index (χ1v) is 6.57. The lowest BCUT2D eigenvalue weighted by Crippen LogP contribution is -2.29. The van der Waals surface area contributed by atoms with E-state index in [4.69, 9.17) is 5.73 Å². The minimum atomic E-state index is 0.244. The summed E-state index contributed by atoms with van der Waals surface area (Å²) in [4.78, 5) is 4.40. The Balaban J connectivity index is 2.51. The Bertz CT molecular complexity index is 275. The van der Waals surface area contributed by atoms with Gasteiger partial charge in [0, 0.05) is 17.7 Å². The molecule has 0 aliphatic carbocycles. The van der Waals surface area contributed by atoms with Crippen molar-refractivity contribution in [1.29, 1.82) is 0 Å². The number of rotatable bonds is 5. The van der Waals surface area contributed by atoms with Gasteiger partial charge in [0.1, 0.15) is 5.82 Å². The molecule has 0 spiro atoms. The van der Waals surface area contributed by atoms with Crippen molar-refractivity contribution in [2.45, 2.75) is 49.2 Å². The highest BCUT2D eigenvalue weighted by molar-refractivity contribution is 8.01. The van der Waals surface area contributed by atoms with Crippen LogP contribution >= 0.6 is 23.3 Å². The summed E-state index contributed by atoms with van der Waals surface area (Å²) in [5.41, 5.74) is 5.94. The monoisotopic (exact) mass is 231 g/mol. The fraction of sp³-hybridized carbons (Fsp3) is 0.778. The van der Waals surface area contributed by atoms with Crippen LogP contribution in [0.5, 0.6) is 0 Å². The fourth-order valence-corrected chi connectivity index (χ4v) is 3.09. The van der Waals surface area contributed by atoms with E-state index < -0.39 is 0 Å². The van der Waals surface area contributed by atoms with Crippen molar-refractivity contribution in [3.63, 3.8) is 0 Å². The summed E-state index contributed by atoms with van der Waals surface area (Å²) in [5, 5.41) is 0.414. The highest BCUT2D eigenvalue weighted by Gasteiger charge is 2.14. The lowest BCUT2D eigenvalue weighted by Gasteiger charge is -2.15. The Morgan fingerprint density at radius 2 is 2.21 bits per heavy atom. The second kappa shape index (κ2) is 5.68. The molecule has 1 aromatic rings. The molecule has 2 atom stereocenters. The van der Waals surface area contributed by atoms with Crippen LogP contribution in [-0.2, 0) is 6.42 Å². The molecule has 2 unspecified atom stereocenters. The van der Waals surface area contributed by atoms with Gasteiger partial charge < -0.3 is 5.73 Å². The average Bonchev–Trinajstić information content (AvgIpc) is 2.64. The van der Waals surface area contributed by atoms with Crippen LogP contribution < -0.4 is 5.73 Å². The summed E-state index contributed by atoms with van der Waals surface area (Å²) in [7, 11) is 0. The van der Waals surface area contributed by atoms with Gasteiger partial charge in [-0.2, -0.15) is 4.37 Å². The zero-order chi connectivity index (χ0) is 10.6. The molecule has 1 rings (SSSR count). The number of nitrogens with two attached hydrogens (primary N) is 1. The first-order chi connectivity index (χ1) is 6.67. The van der Waals surface area contributed by atoms with Gasteiger partial charge in [0.25, 0.3) is 0 Å². The summed E-state index contributed by atoms with van der Waals surface area (Å²) >= 11 is 3.21. The third kappa shape index (κ3) is 3.22. The third-order valence-electron chi connectivity index (χ3n) is 2.13. The second-order valence-corrected chi connectivity index (χ2v) is 5.60. The Kier molecular flexibility index (Phi) is 4.84. The quantitative estimate of drug-likeness (QED) is 0.790. The molecule has 1 aromatic heterocycles. The normalized spacial score (nSPS) is 15.4. The van der Waals surface area contributed by atoms with Crippen molar-refractivity contribution in [2.24, 2.45) is 5.73 Å². The number of aromatic nitrogens is 2. The van der Waals surface area contributed by atoms with Gasteiger partial charge in [-0.15, -0.1) is 0 Å². The smallest absolute Gasteiger partial charge is 0.170 e. The predicted octanol–water partition coefficient (Wildman–Crippen LogP) is 2.32. The summed E-state index contributed by atoms with van der Waals surface area (Å²) in [6.45, 7) is 6.32. The number of thioether (sulfide) groups is 1. The van der Waals surface area contributed by atoms with Gasteiger partial charge in [-0.25, -0.2) is 4.98 Å². The van der Waals surface area contributed by atoms with Crippen LogP contribution in [0, 0.1) is 0 Å². The maximum Gasteiger partial charge on any atom is 0.170 e. The molecule has 0 fully saturated rings. The molecule has 0 saturated heterocycles. The van der Waals surface area contributed by atoms with Gasteiger partial charge in [-0.05, 0) is 18.0 Å². The van der Waals surface area contributed by atoms with E-state index in [9.17, 15) is 0 Å². The molecule has 0 aromatic carbocycles. The average molecular weight is 231 g/mol. The lowest BCUT2D eigenvalue weighted by atomic mass is 10.2. The summed E-state index contributed by atoms with van der Waals surface area (Å²) in [6, 6.07) is 0.244. The molecule has 80 valence electrons. The molecule has 0 saturated carbocycles. The van der Waals surface area contributed by atoms with Crippen LogP contribution in [0.3, 0.4) is 0 Å². The fourth-order valence-electron chi connectivity index (χ4n) is 1.01. The van der Waals surface area contributed by atoms with Crippen LogP contribution in [0.2, 0.25) is 0 Å². The minimum Gasteiger partial charge on any atom is -0.327 e. The van der Waals surface area contributed by atoms with Gasteiger partial charge in [-0.1, -0.05) is 32.5 Å². The molecule has 14 heavy (non-hydrogen) atoms. The maximum atomic E-state index is 5.94. The maximum absolute atomic E-state index is 5.94. The van der Waals surface area contributed by atoms with Gasteiger partial charge in [-0.3, -0.25) is 0 Å². The number of aryl methyl sites for hydroxylation is 1. The predicted molar refractivity (Wildman–Crippen MR) is 62.9 cm³/mol.